The van der Waals surface area contributed by atoms with Crippen molar-refractivity contribution < 1.29 is 25.8 Å². The van der Waals surface area contributed by atoms with Gasteiger partial charge in [0.05, 0.1) is 5.69 Å². The topological polar surface area (TPSA) is 44.9 Å². The number of allylic oxidation sites excluding steroid dienone is 2. The van der Waals surface area contributed by atoms with Gasteiger partial charge >= 0.3 is 21.1 Å². The van der Waals surface area contributed by atoms with Gasteiger partial charge in [-0.2, -0.15) is 11.2 Å². The van der Waals surface area contributed by atoms with E-state index in [0.29, 0.717) is 23.3 Å². The number of fused-ring (bicyclic) bond motifs is 3. The average molecular weight is 914 g/mol. The van der Waals surface area contributed by atoms with Crippen molar-refractivity contribution in [3.05, 3.63) is 119 Å². The molecule has 1 unspecified atom stereocenters. The first-order valence-electron chi connectivity index (χ1n) is 20.1. The molecule has 0 saturated heterocycles. The van der Waals surface area contributed by atoms with Crippen LogP contribution in [-0.2, 0) is 27.5 Å². The van der Waals surface area contributed by atoms with E-state index in [-0.39, 0.29) is 37.8 Å². The molecule has 1 aliphatic rings. The Morgan fingerprint density at radius 3 is 2.38 bits per heavy atom. The summed E-state index contributed by atoms with van der Waals surface area (Å²) in [5.41, 5.74) is 10.8. The number of benzene rings is 3. The van der Waals surface area contributed by atoms with Gasteiger partial charge < -0.3 is 9.30 Å². The molecule has 0 bridgehead atoms. The van der Waals surface area contributed by atoms with Crippen LogP contribution >= 0.6 is 0 Å². The van der Waals surface area contributed by atoms with Crippen molar-refractivity contribution in [3.8, 4) is 23.0 Å². The first-order valence-corrected chi connectivity index (χ1v) is 20.1. The number of hydrogen-bond donors (Lipinski definition) is 0. The number of hydrogen-bond acceptors (Lipinski definition) is 3. The fraction of sp³-hybridized carbons (Fsp3) is 0.429. The first kappa shape index (κ1) is 40.7. The summed E-state index contributed by atoms with van der Waals surface area (Å²) in [4.78, 5) is 4.85. The minimum absolute atomic E-state index is 0. The number of pyridine rings is 1. The smallest absolute Gasteiger partial charge is 0.509 e. The second kappa shape index (κ2) is 15.9. The molecule has 55 heavy (non-hydrogen) atoms. The monoisotopic (exact) mass is 913 g/mol. The Labute approximate surface area is 343 Å². The van der Waals surface area contributed by atoms with E-state index in [2.05, 4.69) is 158 Å². The second-order valence-electron chi connectivity index (χ2n) is 17.9. The van der Waals surface area contributed by atoms with E-state index in [0.717, 1.165) is 59.3 Å². The van der Waals surface area contributed by atoms with Crippen LogP contribution in [-0.4, -0.2) is 19.3 Å². The van der Waals surface area contributed by atoms with Crippen molar-refractivity contribution in [2.75, 3.05) is 0 Å². The fourth-order valence-electron chi connectivity index (χ4n) is 8.79. The number of para-hydroxylation sites is 1. The molecule has 290 valence electrons. The molecule has 7 rings (SSSR count). The minimum Gasteiger partial charge on any atom is -0.509 e. The summed E-state index contributed by atoms with van der Waals surface area (Å²) in [6.45, 7) is 25.4. The van der Waals surface area contributed by atoms with E-state index in [4.69, 9.17) is 14.8 Å². The fourth-order valence-corrected chi connectivity index (χ4v) is 8.79. The molecule has 0 radical (unpaired) electrons. The number of rotatable bonds is 9. The van der Waals surface area contributed by atoms with Crippen LogP contribution in [0.25, 0.3) is 33.3 Å². The standard InChI is InChI=1S/C49H58N4O.Pt/c1-12-13-17-34-24-25-50-45(26-34)52-43-21-15-14-18-39(43)40-23-22-37(30-44(40)52)54-38-28-35(31(2)3)27-36(29-38)53-33(5)46(32(4)51-53)47-41(48(6,7)8)19-16-20-42(47)49(9,10)11;/h14-15,18-19,21-28,31,42,47H,12-13,16-17,20H2,1-11H3;/q-2;+2/t42-,47?;/m0./s1. The van der Waals surface area contributed by atoms with Gasteiger partial charge in [-0.1, -0.05) is 104 Å². The van der Waals surface area contributed by atoms with E-state index >= 15 is 0 Å². The number of unbranched alkanes of at least 4 members (excludes halogenated alkanes) is 1. The van der Waals surface area contributed by atoms with Gasteiger partial charge in [-0.3, -0.25) is 4.68 Å². The third-order valence-corrected chi connectivity index (χ3v) is 11.6. The predicted octanol–water partition coefficient (Wildman–Crippen LogP) is 13.3. The van der Waals surface area contributed by atoms with Crippen molar-refractivity contribution in [3.63, 3.8) is 0 Å². The van der Waals surface area contributed by atoms with E-state index in [1.807, 2.05) is 12.3 Å². The van der Waals surface area contributed by atoms with Crippen LogP contribution in [0.2, 0.25) is 0 Å². The van der Waals surface area contributed by atoms with Crippen molar-refractivity contribution >= 4 is 21.8 Å². The Bertz CT molecular complexity index is 2350. The van der Waals surface area contributed by atoms with Crippen LogP contribution in [0.4, 0.5) is 0 Å². The molecule has 3 aromatic heterocycles. The summed E-state index contributed by atoms with van der Waals surface area (Å²) in [7, 11) is 0. The largest absolute Gasteiger partial charge is 2.00 e. The molecule has 0 spiro atoms. The van der Waals surface area contributed by atoms with Gasteiger partial charge in [0.1, 0.15) is 5.82 Å². The molecule has 0 saturated carbocycles. The summed E-state index contributed by atoms with van der Waals surface area (Å²) in [6.07, 6.45) is 10.1. The zero-order valence-electron chi connectivity index (χ0n) is 34.7. The molecule has 0 aliphatic heterocycles. The molecule has 2 atom stereocenters. The Morgan fingerprint density at radius 2 is 1.67 bits per heavy atom. The van der Waals surface area contributed by atoms with E-state index in [1.165, 1.54) is 39.8 Å². The SMILES string of the molecule is CCCCc1ccnc(-n2c3[c-]c(Oc4[c-]c(-n5nc(C)c(C6C(C(C)(C)C)=CCC[C@@H]6C(C)(C)C)c5C)cc(C(C)C)c4)ccc3c3ccccc32)c1.[Pt+2]. The van der Waals surface area contributed by atoms with Gasteiger partial charge in [-0.15, -0.1) is 41.3 Å². The number of nitrogens with zero attached hydrogens (tertiary/aromatic N) is 4. The van der Waals surface area contributed by atoms with Crippen molar-refractivity contribution in [2.24, 2.45) is 16.7 Å². The van der Waals surface area contributed by atoms with Crippen LogP contribution in [0.1, 0.15) is 128 Å². The number of ether oxygens (including phenoxy) is 1. The van der Waals surface area contributed by atoms with Gasteiger partial charge in [0.25, 0.3) is 0 Å². The maximum atomic E-state index is 6.72. The van der Waals surface area contributed by atoms with Crippen molar-refractivity contribution in [2.45, 2.75) is 120 Å². The Kier molecular flexibility index (Phi) is 11.8. The van der Waals surface area contributed by atoms with E-state index < -0.39 is 0 Å². The van der Waals surface area contributed by atoms with Gasteiger partial charge in [0.15, 0.2) is 0 Å². The maximum absolute atomic E-state index is 6.72. The quantitative estimate of drug-likeness (QED) is 0.107. The van der Waals surface area contributed by atoms with Crippen LogP contribution in [0.5, 0.6) is 11.5 Å². The van der Waals surface area contributed by atoms with Crippen LogP contribution in [0, 0.1) is 42.7 Å². The molecule has 0 N–H and O–H groups in total. The van der Waals surface area contributed by atoms with Crippen LogP contribution in [0.15, 0.2) is 78.5 Å². The number of aromatic nitrogens is 4. The summed E-state index contributed by atoms with van der Waals surface area (Å²) < 4.78 is 11.1. The molecule has 3 aromatic carbocycles. The van der Waals surface area contributed by atoms with Gasteiger partial charge in [-0.05, 0) is 97.0 Å². The summed E-state index contributed by atoms with van der Waals surface area (Å²) >= 11 is 0. The number of aryl methyl sites for hydroxylation is 2. The normalized spacial score (nSPS) is 16.5. The van der Waals surface area contributed by atoms with Crippen molar-refractivity contribution in [1.82, 2.24) is 19.3 Å². The molecular formula is C49H58N4OPt. The molecular weight excluding hydrogens is 856 g/mol. The molecule has 3 heterocycles. The third-order valence-electron chi connectivity index (χ3n) is 11.6. The second-order valence-corrected chi connectivity index (χ2v) is 17.9. The first-order chi connectivity index (χ1) is 25.7. The summed E-state index contributed by atoms with van der Waals surface area (Å²) in [6, 6.07) is 28.7. The Balaban J connectivity index is 0.00000514. The molecule has 6 aromatic rings. The van der Waals surface area contributed by atoms with Crippen LogP contribution < -0.4 is 4.74 Å². The van der Waals surface area contributed by atoms with Crippen LogP contribution in [0.3, 0.4) is 0 Å². The predicted molar refractivity (Wildman–Crippen MR) is 225 cm³/mol. The molecule has 6 heteroatoms. The zero-order chi connectivity index (χ0) is 38.5. The summed E-state index contributed by atoms with van der Waals surface area (Å²) in [5, 5.41) is 7.55. The van der Waals surface area contributed by atoms with Crippen molar-refractivity contribution in [1.29, 1.82) is 0 Å². The molecule has 0 fully saturated rings. The molecule has 0 amide bonds. The third kappa shape index (κ3) is 8.02. The maximum Gasteiger partial charge on any atom is 2.00 e. The summed E-state index contributed by atoms with van der Waals surface area (Å²) in [5.74, 6) is 3.31. The van der Waals surface area contributed by atoms with E-state index in [9.17, 15) is 0 Å². The Hall–Kier alpha value is -3.95. The van der Waals surface area contributed by atoms with Gasteiger partial charge in [0.2, 0.25) is 0 Å². The van der Waals surface area contributed by atoms with Gasteiger partial charge in [0, 0.05) is 40.4 Å². The average Bonchev–Trinajstić information content (AvgIpc) is 3.61. The van der Waals surface area contributed by atoms with Gasteiger partial charge in [-0.25, -0.2) is 4.98 Å². The molecule has 1 aliphatic carbocycles. The van der Waals surface area contributed by atoms with E-state index in [1.54, 1.807) is 0 Å². The minimum atomic E-state index is 0. The molecule has 5 nitrogen and oxygen atoms in total. The zero-order valence-corrected chi connectivity index (χ0v) is 37.0. The Morgan fingerprint density at radius 1 is 0.909 bits per heavy atom.